The highest BCUT2D eigenvalue weighted by atomic mass is 14.3. The summed E-state index contributed by atoms with van der Waals surface area (Å²) in [6, 6.07) is 39.1. The summed E-state index contributed by atoms with van der Waals surface area (Å²) < 4.78 is 0. The maximum absolute atomic E-state index is 2.36. The van der Waals surface area contributed by atoms with E-state index >= 15 is 0 Å². The molecule has 0 heterocycles. The molecule has 1 aliphatic carbocycles. The van der Waals surface area contributed by atoms with Crippen LogP contribution < -0.4 is 0 Å². The SMILES string of the molecule is c1ccc(C2=C(c3ccccc3)c3ccc(-c4ccccc4)cc3C2)cc1. The molecule has 0 N–H and O–H groups in total. The Morgan fingerprint density at radius 2 is 1.00 bits per heavy atom. The third kappa shape index (κ3) is 2.90. The molecule has 1 aliphatic rings. The highest BCUT2D eigenvalue weighted by molar-refractivity contribution is 6.04. The topological polar surface area (TPSA) is 0 Å². The summed E-state index contributed by atoms with van der Waals surface area (Å²) in [5.41, 5.74) is 10.7. The standard InChI is InChI=1S/C27H20/c1-4-10-20(11-5-1)23-16-17-25-24(18-23)19-26(21-12-6-2-7-13-21)27(25)22-14-8-3-9-15-22/h1-18H,19H2. The first kappa shape index (κ1) is 15.8. The van der Waals surface area contributed by atoms with Gasteiger partial charge in [-0.15, -0.1) is 0 Å². The van der Waals surface area contributed by atoms with Gasteiger partial charge in [-0.05, 0) is 50.9 Å². The number of hydrogen-bond acceptors (Lipinski definition) is 0. The molecular formula is C27H20. The maximum atomic E-state index is 2.36. The minimum absolute atomic E-state index is 0.976. The quantitative estimate of drug-likeness (QED) is 0.380. The van der Waals surface area contributed by atoms with Crippen LogP contribution in [0.2, 0.25) is 0 Å². The largest absolute Gasteiger partial charge is 0.0622 e. The van der Waals surface area contributed by atoms with E-state index in [1.807, 2.05) is 0 Å². The normalized spacial score (nSPS) is 12.9. The van der Waals surface area contributed by atoms with Crippen molar-refractivity contribution in [3.63, 3.8) is 0 Å². The van der Waals surface area contributed by atoms with E-state index in [9.17, 15) is 0 Å². The first-order valence-corrected chi connectivity index (χ1v) is 9.43. The molecule has 0 heteroatoms. The number of allylic oxidation sites excluding steroid dienone is 1. The lowest BCUT2D eigenvalue weighted by molar-refractivity contribution is 1.31. The van der Waals surface area contributed by atoms with Crippen LogP contribution in [0, 0.1) is 0 Å². The molecule has 0 atom stereocenters. The molecule has 0 bridgehead atoms. The van der Waals surface area contributed by atoms with Gasteiger partial charge in [0.1, 0.15) is 0 Å². The van der Waals surface area contributed by atoms with Crippen molar-refractivity contribution in [1.82, 2.24) is 0 Å². The highest BCUT2D eigenvalue weighted by Gasteiger charge is 2.24. The van der Waals surface area contributed by atoms with Crippen LogP contribution >= 0.6 is 0 Å². The van der Waals surface area contributed by atoms with Crippen molar-refractivity contribution >= 4 is 11.1 Å². The van der Waals surface area contributed by atoms with Gasteiger partial charge in [-0.3, -0.25) is 0 Å². The second-order valence-electron chi connectivity index (χ2n) is 7.00. The van der Waals surface area contributed by atoms with Gasteiger partial charge in [-0.1, -0.05) is 109 Å². The van der Waals surface area contributed by atoms with E-state index in [2.05, 4.69) is 109 Å². The molecule has 128 valence electrons. The zero-order valence-electron chi connectivity index (χ0n) is 15.1. The zero-order chi connectivity index (χ0) is 18.1. The van der Waals surface area contributed by atoms with E-state index in [4.69, 9.17) is 0 Å². The molecule has 0 spiro atoms. The number of fused-ring (bicyclic) bond motifs is 1. The Bertz CT molecular complexity index is 1100. The minimum Gasteiger partial charge on any atom is -0.0622 e. The Hall–Kier alpha value is -3.38. The predicted molar refractivity (Wildman–Crippen MR) is 114 cm³/mol. The Balaban J connectivity index is 1.67. The van der Waals surface area contributed by atoms with Crippen LogP contribution in [0.3, 0.4) is 0 Å². The van der Waals surface area contributed by atoms with Gasteiger partial charge in [0.05, 0.1) is 0 Å². The average molecular weight is 344 g/mol. The van der Waals surface area contributed by atoms with Crippen molar-refractivity contribution in [1.29, 1.82) is 0 Å². The van der Waals surface area contributed by atoms with Gasteiger partial charge in [0.25, 0.3) is 0 Å². The summed E-state index contributed by atoms with van der Waals surface area (Å²) in [7, 11) is 0. The molecule has 0 nitrogen and oxygen atoms in total. The molecule has 0 saturated heterocycles. The number of benzene rings is 4. The van der Waals surface area contributed by atoms with Crippen molar-refractivity contribution in [2.45, 2.75) is 6.42 Å². The smallest absolute Gasteiger partial charge is 0.000706 e. The van der Waals surface area contributed by atoms with Crippen molar-refractivity contribution in [3.8, 4) is 11.1 Å². The van der Waals surface area contributed by atoms with Crippen molar-refractivity contribution in [2.24, 2.45) is 0 Å². The van der Waals surface area contributed by atoms with Gasteiger partial charge >= 0.3 is 0 Å². The van der Waals surface area contributed by atoms with Crippen molar-refractivity contribution in [2.75, 3.05) is 0 Å². The van der Waals surface area contributed by atoms with Gasteiger partial charge in [0, 0.05) is 0 Å². The van der Waals surface area contributed by atoms with Gasteiger partial charge in [0.2, 0.25) is 0 Å². The summed E-state index contributed by atoms with van der Waals surface area (Å²) >= 11 is 0. The monoisotopic (exact) mass is 344 g/mol. The fraction of sp³-hybridized carbons (Fsp3) is 0.0370. The lowest BCUT2D eigenvalue weighted by atomic mass is 9.94. The van der Waals surface area contributed by atoms with E-state index in [1.54, 1.807) is 0 Å². The average Bonchev–Trinajstić information content (AvgIpc) is 3.14. The third-order valence-corrected chi connectivity index (χ3v) is 5.34. The summed E-state index contributed by atoms with van der Waals surface area (Å²) in [6.07, 6.45) is 0.976. The second kappa shape index (κ2) is 6.74. The van der Waals surface area contributed by atoms with E-state index < -0.39 is 0 Å². The summed E-state index contributed by atoms with van der Waals surface area (Å²) in [4.78, 5) is 0. The van der Waals surface area contributed by atoms with Crippen molar-refractivity contribution in [3.05, 3.63) is 131 Å². The molecule has 0 fully saturated rings. The molecule has 4 aromatic carbocycles. The minimum atomic E-state index is 0.976. The van der Waals surface area contributed by atoms with Crippen LogP contribution in [-0.2, 0) is 6.42 Å². The molecular weight excluding hydrogens is 324 g/mol. The highest BCUT2D eigenvalue weighted by Crippen LogP contribution is 2.43. The summed E-state index contributed by atoms with van der Waals surface area (Å²) in [6.45, 7) is 0. The van der Waals surface area contributed by atoms with Crippen LogP contribution in [0.4, 0.5) is 0 Å². The first-order chi connectivity index (χ1) is 13.4. The van der Waals surface area contributed by atoms with Crippen LogP contribution in [0.25, 0.3) is 22.3 Å². The summed E-state index contributed by atoms with van der Waals surface area (Å²) in [5, 5.41) is 0. The fourth-order valence-corrected chi connectivity index (χ4v) is 4.06. The van der Waals surface area contributed by atoms with E-state index in [-0.39, 0.29) is 0 Å². The Morgan fingerprint density at radius 1 is 0.444 bits per heavy atom. The van der Waals surface area contributed by atoms with Crippen LogP contribution in [0.15, 0.2) is 109 Å². The van der Waals surface area contributed by atoms with Crippen LogP contribution in [0.5, 0.6) is 0 Å². The van der Waals surface area contributed by atoms with Crippen LogP contribution in [-0.4, -0.2) is 0 Å². The van der Waals surface area contributed by atoms with Gasteiger partial charge in [-0.2, -0.15) is 0 Å². The second-order valence-corrected chi connectivity index (χ2v) is 7.00. The van der Waals surface area contributed by atoms with E-state index in [0.717, 1.165) is 6.42 Å². The zero-order valence-corrected chi connectivity index (χ0v) is 15.1. The molecule has 0 aliphatic heterocycles. The molecule has 27 heavy (non-hydrogen) atoms. The summed E-state index contributed by atoms with van der Waals surface area (Å²) in [5.74, 6) is 0. The molecule has 0 radical (unpaired) electrons. The third-order valence-electron chi connectivity index (χ3n) is 5.34. The first-order valence-electron chi connectivity index (χ1n) is 9.43. The van der Waals surface area contributed by atoms with Gasteiger partial charge < -0.3 is 0 Å². The van der Waals surface area contributed by atoms with E-state index in [0.29, 0.717) is 0 Å². The van der Waals surface area contributed by atoms with Gasteiger partial charge in [-0.25, -0.2) is 0 Å². The van der Waals surface area contributed by atoms with Crippen molar-refractivity contribution < 1.29 is 0 Å². The lowest BCUT2D eigenvalue weighted by Crippen LogP contribution is -1.89. The Labute approximate surface area is 160 Å². The number of hydrogen-bond donors (Lipinski definition) is 0. The number of rotatable bonds is 3. The van der Waals surface area contributed by atoms with Gasteiger partial charge in [0.15, 0.2) is 0 Å². The Kier molecular flexibility index (Phi) is 3.95. The fourth-order valence-electron chi connectivity index (χ4n) is 4.06. The van der Waals surface area contributed by atoms with Crippen LogP contribution in [0.1, 0.15) is 22.3 Å². The molecule has 0 unspecified atom stereocenters. The lowest BCUT2D eigenvalue weighted by Gasteiger charge is -2.10. The van der Waals surface area contributed by atoms with E-state index in [1.165, 1.54) is 44.5 Å². The molecule has 0 aromatic heterocycles. The predicted octanol–water partition coefficient (Wildman–Crippen LogP) is 6.87. The molecule has 4 aromatic rings. The molecule has 0 saturated carbocycles. The molecule has 0 amide bonds. The molecule has 5 rings (SSSR count). The Morgan fingerprint density at radius 3 is 1.63 bits per heavy atom. The maximum Gasteiger partial charge on any atom is -0.000706 e.